The van der Waals surface area contributed by atoms with E-state index in [0.29, 0.717) is 5.56 Å². The Labute approximate surface area is 62.6 Å². The smallest absolute Gasteiger partial charge is 0.229 e. The summed E-state index contributed by atoms with van der Waals surface area (Å²) in [6.07, 6.45) is 0. The maximum atomic E-state index is 12.4. The van der Waals surface area contributed by atoms with Crippen LogP contribution in [-0.2, 0) is 6.54 Å². The van der Waals surface area contributed by atoms with Gasteiger partial charge in [-0.2, -0.15) is 0 Å². The molecule has 1 rings (SSSR count). The highest BCUT2D eigenvalue weighted by Gasteiger charge is 2.00. The van der Waals surface area contributed by atoms with Gasteiger partial charge in [0.15, 0.2) is 0 Å². The van der Waals surface area contributed by atoms with E-state index < -0.39 is 10.7 Å². The van der Waals surface area contributed by atoms with Crippen molar-refractivity contribution in [1.82, 2.24) is 0 Å². The second-order valence-electron chi connectivity index (χ2n) is 2.12. The van der Waals surface area contributed by atoms with Crippen LogP contribution in [0.15, 0.2) is 24.3 Å². The maximum absolute atomic E-state index is 12.4. The Bertz CT molecular complexity index is 275. The summed E-state index contributed by atoms with van der Waals surface area (Å²) in [6.45, 7) is -0.322. The van der Waals surface area contributed by atoms with Crippen LogP contribution >= 0.6 is 0 Å². The fourth-order valence-electron chi connectivity index (χ4n) is 0.784. The molecular formula is C7H6FNO2. The van der Waals surface area contributed by atoms with Gasteiger partial charge in [0.1, 0.15) is 5.82 Å². The third kappa shape index (κ3) is 2.33. The SMILES string of the molecule is O=[N+]([O-])Cc1cccc(F)c1. The fourth-order valence-corrected chi connectivity index (χ4v) is 0.784. The van der Waals surface area contributed by atoms with E-state index in [1.54, 1.807) is 0 Å². The van der Waals surface area contributed by atoms with Gasteiger partial charge in [-0.1, -0.05) is 12.1 Å². The predicted molar refractivity (Wildman–Crippen MR) is 37.1 cm³/mol. The lowest BCUT2D eigenvalue weighted by Gasteiger charge is -1.93. The van der Waals surface area contributed by atoms with Gasteiger partial charge in [-0.15, -0.1) is 0 Å². The monoisotopic (exact) mass is 155 g/mol. The van der Waals surface area contributed by atoms with Crippen LogP contribution in [0.4, 0.5) is 4.39 Å². The molecular weight excluding hydrogens is 149 g/mol. The summed E-state index contributed by atoms with van der Waals surface area (Å²) in [5.74, 6) is -0.440. The number of nitro groups is 1. The summed E-state index contributed by atoms with van der Waals surface area (Å²) in [5.41, 5.74) is 0.384. The highest BCUT2D eigenvalue weighted by molar-refractivity contribution is 5.14. The zero-order valence-electron chi connectivity index (χ0n) is 5.66. The molecule has 58 valence electrons. The van der Waals surface area contributed by atoms with Crippen molar-refractivity contribution in [2.24, 2.45) is 0 Å². The van der Waals surface area contributed by atoms with Gasteiger partial charge in [0.2, 0.25) is 6.54 Å². The predicted octanol–water partition coefficient (Wildman–Crippen LogP) is 1.60. The molecule has 1 aromatic rings. The van der Waals surface area contributed by atoms with Gasteiger partial charge in [0, 0.05) is 10.5 Å². The van der Waals surface area contributed by atoms with Gasteiger partial charge in [-0.3, -0.25) is 10.1 Å². The van der Waals surface area contributed by atoms with E-state index in [1.165, 1.54) is 18.2 Å². The van der Waals surface area contributed by atoms with E-state index in [1.807, 2.05) is 0 Å². The summed E-state index contributed by atoms with van der Waals surface area (Å²) in [4.78, 5) is 9.47. The molecule has 0 saturated heterocycles. The number of rotatable bonds is 2. The number of halogens is 1. The molecule has 0 N–H and O–H groups in total. The van der Waals surface area contributed by atoms with Crippen molar-refractivity contribution in [2.75, 3.05) is 0 Å². The van der Waals surface area contributed by atoms with Crippen molar-refractivity contribution >= 4 is 0 Å². The van der Waals surface area contributed by atoms with Crippen LogP contribution in [-0.4, -0.2) is 4.92 Å². The van der Waals surface area contributed by atoms with E-state index in [4.69, 9.17) is 0 Å². The first-order valence-corrected chi connectivity index (χ1v) is 3.05. The molecule has 11 heavy (non-hydrogen) atoms. The third-order valence-corrected chi connectivity index (χ3v) is 1.20. The first-order chi connectivity index (χ1) is 5.18. The number of hydrogen-bond donors (Lipinski definition) is 0. The fraction of sp³-hybridized carbons (Fsp3) is 0.143. The third-order valence-electron chi connectivity index (χ3n) is 1.20. The molecule has 0 fully saturated rings. The quantitative estimate of drug-likeness (QED) is 0.481. The normalized spacial score (nSPS) is 9.55. The summed E-state index contributed by atoms with van der Waals surface area (Å²) in [6, 6.07) is 5.38. The van der Waals surface area contributed by atoms with Crippen LogP contribution in [0.25, 0.3) is 0 Å². The van der Waals surface area contributed by atoms with E-state index in [-0.39, 0.29) is 6.54 Å². The van der Waals surface area contributed by atoms with Gasteiger partial charge >= 0.3 is 0 Å². The molecule has 0 amide bonds. The Morgan fingerprint density at radius 2 is 2.27 bits per heavy atom. The largest absolute Gasteiger partial charge is 0.264 e. The zero-order chi connectivity index (χ0) is 8.27. The van der Waals surface area contributed by atoms with Gasteiger partial charge in [0.25, 0.3) is 0 Å². The van der Waals surface area contributed by atoms with Crippen molar-refractivity contribution in [1.29, 1.82) is 0 Å². The van der Waals surface area contributed by atoms with Crippen LogP contribution in [0.3, 0.4) is 0 Å². The Hall–Kier alpha value is -1.45. The second kappa shape index (κ2) is 3.09. The number of nitrogens with zero attached hydrogens (tertiary/aromatic N) is 1. The Morgan fingerprint density at radius 1 is 1.55 bits per heavy atom. The van der Waals surface area contributed by atoms with Crippen LogP contribution < -0.4 is 0 Å². The van der Waals surface area contributed by atoms with Gasteiger partial charge < -0.3 is 0 Å². The topological polar surface area (TPSA) is 43.1 Å². The highest BCUT2D eigenvalue weighted by Crippen LogP contribution is 2.03. The standard InChI is InChI=1S/C7H6FNO2/c8-7-3-1-2-6(4-7)5-9(10)11/h1-4H,5H2. The van der Waals surface area contributed by atoms with Gasteiger partial charge in [-0.25, -0.2) is 4.39 Å². The van der Waals surface area contributed by atoms with Crippen molar-refractivity contribution in [2.45, 2.75) is 6.54 Å². The molecule has 0 bridgehead atoms. The van der Waals surface area contributed by atoms with E-state index in [2.05, 4.69) is 0 Å². The lowest BCUT2D eigenvalue weighted by molar-refractivity contribution is -0.496. The first-order valence-electron chi connectivity index (χ1n) is 3.05. The van der Waals surface area contributed by atoms with E-state index >= 15 is 0 Å². The minimum Gasteiger partial charge on any atom is -0.264 e. The summed E-state index contributed by atoms with van der Waals surface area (Å²) in [5, 5.41) is 9.96. The average Bonchev–Trinajstić information content (AvgIpc) is 1.85. The zero-order valence-corrected chi connectivity index (χ0v) is 5.66. The first kappa shape index (κ1) is 7.65. The molecule has 0 spiro atoms. The lowest BCUT2D eigenvalue weighted by Crippen LogP contribution is -1.97. The molecule has 4 heteroatoms. The number of benzene rings is 1. The van der Waals surface area contributed by atoms with E-state index in [9.17, 15) is 14.5 Å². The van der Waals surface area contributed by atoms with Crippen LogP contribution in [0.1, 0.15) is 5.56 Å². The average molecular weight is 155 g/mol. The molecule has 0 heterocycles. The van der Waals surface area contributed by atoms with Crippen LogP contribution in [0.2, 0.25) is 0 Å². The maximum Gasteiger partial charge on any atom is 0.229 e. The summed E-state index contributed by atoms with van der Waals surface area (Å²) < 4.78 is 12.4. The molecule has 0 aliphatic carbocycles. The summed E-state index contributed by atoms with van der Waals surface area (Å²) >= 11 is 0. The molecule has 1 aromatic carbocycles. The molecule has 0 unspecified atom stereocenters. The lowest BCUT2D eigenvalue weighted by atomic mass is 10.2. The van der Waals surface area contributed by atoms with Crippen molar-refractivity contribution in [3.8, 4) is 0 Å². The van der Waals surface area contributed by atoms with E-state index in [0.717, 1.165) is 6.07 Å². The molecule has 0 atom stereocenters. The molecule has 0 aliphatic rings. The summed E-state index contributed by atoms with van der Waals surface area (Å²) in [7, 11) is 0. The van der Waals surface area contributed by atoms with Crippen LogP contribution in [0.5, 0.6) is 0 Å². The molecule has 0 aliphatic heterocycles. The molecule has 0 radical (unpaired) electrons. The minimum atomic E-state index is -0.491. The second-order valence-corrected chi connectivity index (χ2v) is 2.12. The molecule has 0 saturated carbocycles. The number of hydrogen-bond acceptors (Lipinski definition) is 2. The van der Waals surface area contributed by atoms with Crippen molar-refractivity contribution < 1.29 is 9.31 Å². The Balaban J connectivity index is 2.79. The molecule has 3 nitrogen and oxygen atoms in total. The van der Waals surface area contributed by atoms with Gasteiger partial charge in [0.05, 0.1) is 0 Å². The Morgan fingerprint density at radius 3 is 2.82 bits per heavy atom. The van der Waals surface area contributed by atoms with Crippen LogP contribution in [0, 0.1) is 15.9 Å². The van der Waals surface area contributed by atoms with Crippen molar-refractivity contribution in [3.63, 3.8) is 0 Å². The van der Waals surface area contributed by atoms with Crippen molar-refractivity contribution in [3.05, 3.63) is 45.8 Å². The highest BCUT2D eigenvalue weighted by atomic mass is 19.1. The van der Waals surface area contributed by atoms with Gasteiger partial charge in [-0.05, 0) is 12.1 Å². The molecule has 0 aromatic heterocycles. The Kier molecular flexibility index (Phi) is 2.15. The minimum absolute atomic E-state index is 0.322.